The molecule has 0 saturated heterocycles. The Kier molecular flexibility index (Phi) is 13.3. The molecule has 0 heterocycles. The summed E-state index contributed by atoms with van der Waals surface area (Å²) in [7, 11) is -4.64. The van der Waals surface area contributed by atoms with E-state index in [1.54, 1.807) is 0 Å². The number of carbonyl (C=O) groups excluding carboxylic acids is 1. The van der Waals surface area contributed by atoms with Crippen molar-refractivity contribution in [2.45, 2.75) is 0 Å². The van der Waals surface area contributed by atoms with E-state index in [-0.39, 0.29) is 11.9 Å². The fraction of sp³-hybridized carbons (Fsp3) is 0. The monoisotopic (exact) mass is 161 g/mol. The fourth-order valence-electron chi connectivity index (χ4n) is 0. The van der Waals surface area contributed by atoms with Crippen LogP contribution >= 0.6 is 7.82 Å². The Morgan fingerprint density at radius 3 is 1.33 bits per heavy atom. The van der Waals surface area contributed by atoms with Gasteiger partial charge in [0, 0.05) is 0 Å². The minimum Gasteiger partial charge on any atom is -0.412 e. The molecule has 0 radical (unpaired) electrons. The summed E-state index contributed by atoms with van der Waals surface area (Å²) in [5, 5.41) is 0. The molecule has 0 fully saturated rings. The second-order valence-corrected chi connectivity index (χ2v) is 1.68. The van der Waals surface area contributed by atoms with Gasteiger partial charge in [-0.25, -0.2) is 4.57 Å². The quantitative estimate of drug-likeness (QED) is 0.225. The summed E-state index contributed by atoms with van der Waals surface area (Å²) in [5.41, 5.74) is 4.17. The highest BCUT2D eigenvalue weighted by atomic mass is 31.2. The number of carbonyl (C=O) groups is 1. The Morgan fingerprint density at radius 1 is 1.33 bits per heavy atom. The summed E-state index contributed by atoms with van der Waals surface area (Å²) >= 11 is 0. The summed E-state index contributed by atoms with van der Waals surface area (Å²) in [4.78, 5) is 30.1. The topological polar surface area (TPSA) is 152 Å². The second-order valence-electron chi connectivity index (χ2n) is 0.649. The molecule has 0 spiro atoms. The van der Waals surface area contributed by atoms with Gasteiger partial charge in [0.15, 0.2) is 0 Å². The van der Waals surface area contributed by atoms with Crippen LogP contribution < -0.4 is 5.73 Å². The zero-order valence-corrected chi connectivity index (χ0v) is 5.15. The average molecular weight is 161 g/mol. The fourth-order valence-corrected chi connectivity index (χ4v) is 0. The van der Waals surface area contributed by atoms with Crippen LogP contribution in [0.15, 0.2) is 0 Å². The van der Waals surface area contributed by atoms with Crippen molar-refractivity contribution in [3.8, 4) is 0 Å². The summed E-state index contributed by atoms with van der Waals surface area (Å²) in [6.07, 6.45) is 0.250. The molecule has 0 aliphatic carbocycles. The lowest BCUT2D eigenvalue weighted by Crippen LogP contribution is -1.82. The highest BCUT2D eigenvalue weighted by Gasteiger charge is 2.00. The normalized spacial score (nSPS) is 7.89. The van der Waals surface area contributed by atoms with Crippen LogP contribution in [-0.4, -0.2) is 26.6 Å². The summed E-state index contributed by atoms with van der Waals surface area (Å²) < 4.78 is 8.88. The SMILES string of the molecule is NC=O.O.O=P(O)(O)O. The van der Waals surface area contributed by atoms with Crippen molar-refractivity contribution >= 4 is 14.2 Å². The lowest BCUT2D eigenvalue weighted by atomic mass is 11.5. The largest absolute Gasteiger partial charge is 0.466 e. The maximum atomic E-state index is 8.88. The Labute approximate surface area is 50.7 Å². The van der Waals surface area contributed by atoms with Gasteiger partial charge in [-0.2, -0.15) is 0 Å². The minimum absolute atomic E-state index is 0. The molecule has 7 N–H and O–H groups in total. The minimum atomic E-state index is -4.64. The first-order valence-electron chi connectivity index (χ1n) is 1.35. The van der Waals surface area contributed by atoms with Crippen LogP contribution in [0.4, 0.5) is 0 Å². The molecule has 7 nitrogen and oxygen atoms in total. The molecule has 0 saturated carbocycles. The van der Waals surface area contributed by atoms with E-state index in [4.69, 9.17) is 24.0 Å². The number of hydrogen-bond acceptors (Lipinski definition) is 2. The molecule has 0 aromatic heterocycles. The molecular formula is CH8NO6P. The summed E-state index contributed by atoms with van der Waals surface area (Å²) in [6, 6.07) is 0. The molecule has 0 aromatic carbocycles. The molecule has 58 valence electrons. The lowest BCUT2D eigenvalue weighted by molar-refractivity contribution is -0.106. The number of amides is 1. The van der Waals surface area contributed by atoms with Gasteiger partial charge in [0.05, 0.1) is 0 Å². The van der Waals surface area contributed by atoms with E-state index in [1.165, 1.54) is 0 Å². The van der Waals surface area contributed by atoms with Crippen molar-refractivity contribution in [3.05, 3.63) is 0 Å². The van der Waals surface area contributed by atoms with Gasteiger partial charge >= 0.3 is 7.82 Å². The Bertz CT molecular complexity index is 87.0. The number of phosphoric acid groups is 1. The van der Waals surface area contributed by atoms with E-state index in [0.29, 0.717) is 0 Å². The van der Waals surface area contributed by atoms with Gasteiger partial charge in [-0.3, -0.25) is 4.79 Å². The summed E-state index contributed by atoms with van der Waals surface area (Å²) in [6.45, 7) is 0. The van der Waals surface area contributed by atoms with E-state index in [0.717, 1.165) is 0 Å². The van der Waals surface area contributed by atoms with E-state index in [9.17, 15) is 0 Å². The Morgan fingerprint density at radius 2 is 1.33 bits per heavy atom. The maximum Gasteiger partial charge on any atom is 0.466 e. The van der Waals surface area contributed by atoms with Crippen LogP contribution in [0.5, 0.6) is 0 Å². The van der Waals surface area contributed by atoms with Gasteiger partial charge in [-0.05, 0) is 0 Å². The molecule has 0 aliphatic heterocycles. The van der Waals surface area contributed by atoms with E-state index < -0.39 is 7.82 Å². The first-order valence-corrected chi connectivity index (χ1v) is 2.92. The van der Waals surface area contributed by atoms with Crippen molar-refractivity contribution in [1.82, 2.24) is 0 Å². The maximum absolute atomic E-state index is 8.88. The van der Waals surface area contributed by atoms with Crippen LogP contribution in [0.2, 0.25) is 0 Å². The molecule has 9 heavy (non-hydrogen) atoms. The molecule has 0 bridgehead atoms. The van der Waals surface area contributed by atoms with E-state index in [1.807, 2.05) is 0 Å². The molecule has 8 heteroatoms. The van der Waals surface area contributed by atoms with Gasteiger partial charge in [0.2, 0.25) is 6.41 Å². The second kappa shape index (κ2) is 7.54. The van der Waals surface area contributed by atoms with Crippen LogP contribution in [0, 0.1) is 0 Å². The highest BCUT2D eigenvalue weighted by Crippen LogP contribution is 2.25. The smallest absolute Gasteiger partial charge is 0.412 e. The third-order valence-corrected chi connectivity index (χ3v) is 0. The van der Waals surface area contributed by atoms with Crippen LogP contribution in [0.25, 0.3) is 0 Å². The van der Waals surface area contributed by atoms with Gasteiger partial charge in [-0.1, -0.05) is 0 Å². The molecule has 0 atom stereocenters. The third kappa shape index (κ3) is 1090. The number of nitrogens with two attached hydrogens (primary N) is 1. The third-order valence-electron chi connectivity index (χ3n) is 0. The first kappa shape index (κ1) is 15.8. The number of primary amides is 1. The predicted molar refractivity (Wildman–Crippen MR) is 28.1 cm³/mol. The average Bonchev–Trinajstić information content (AvgIpc) is 1.27. The van der Waals surface area contributed by atoms with Gasteiger partial charge < -0.3 is 25.9 Å². The first-order chi connectivity index (χ1) is 3.41. The Hall–Kier alpha value is -0.460. The van der Waals surface area contributed by atoms with Crippen molar-refractivity contribution in [1.29, 1.82) is 0 Å². The number of rotatable bonds is 0. The zero-order valence-electron chi connectivity index (χ0n) is 4.26. The molecular weight excluding hydrogens is 153 g/mol. The van der Waals surface area contributed by atoms with Crippen molar-refractivity contribution in [2.75, 3.05) is 0 Å². The van der Waals surface area contributed by atoms with Crippen molar-refractivity contribution in [2.24, 2.45) is 5.73 Å². The predicted octanol–water partition coefficient (Wildman–Crippen LogP) is -2.65. The highest BCUT2D eigenvalue weighted by molar-refractivity contribution is 7.45. The van der Waals surface area contributed by atoms with E-state index >= 15 is 0 Å². The molecule has 0 unspecified atom stereocenters. The van der Waals surface area contributed by atoms with E-state index in [2.05, 4.69) is 5.73 Å². The van der Waals surface area contributed by atoms with Crippen molar-refractivity contribution in [3.63, 3.8) is 0 Å². The standard InChI is InChI=1S/CH3NO.H3O4P.H2O/c2-1-3;1-5(2,3)4;/h1H,(H2,2,3);(H3,1,2,3,4);1H2. The molecule has 0 rings (SSSR count). The molecule has 0 aromatic rings. The van der Waals surface area contributed by atoms with Gasteiger partial charge in [0.1, 0.15) is 0 Å². The molecule has 0 aliphatic rings. The number of hydrogen-bond donors (Lipinski definition) is 4. The van der Waals surface area contributed by atoms with Crippen molar-refractivity contribution < 1.29 is 29.5 Å². The lowest BCUT2D eigenvalue weighted by Gasteiger charge is -1.82. The van der Waals surface area contributed by atoms with Crippen LogP contribution in [0.3, 0.4) is 0 Å². The van der Waals surface area contributed by atoms with Gasteiger partial charge in [0.25, 0.3) is 0 Å². The van der Waals surface area contributed by atoms with Crippen LogP contribution in [0.1, 0.15) is 0 Å². The Balaban J connectivity index is -0.0000000800. The van der Waals surface area contributed by atoms with Gasteiger partial charge in [-0.15, -0.1) is 0 Å². The molecule has 1 amide bonds. The van der Waals surface area contributed by atoms with Crippen LogP contribution in [-0.2, 0) is 9.36 Å². The zero-order chi connectivity index (χ0) is 7.21. The summed E-state index contributed by atoms with van der Waals surface area (Å²) in [5.74, 6) is 0.